The van der Waals surface area contributed by atoms with Crippen molar-refractivity contribution >= 4 is 28.9 Å². The Bertz CT molecular complexity index is 519. The minimum atomic E-state index is -1.24. The van der Waals surface area contributed by atoms with Gasteiger partial charge in [-0.05, 0) is 13.3 Å². The van der Waals surface area contributed by atoms with E-state index < -0.39 is 10.9 Å². The highest BCUT2D eigenvalue weighted by atomic mass is 35.5. The van der Waals surface area contributed by atoms with Crippen LogP contribution in [0.15, 0.2) is 12.1 Å². The van der Waals surface area contributed by atoms with Crippen molar-refractivity contribution in [1.82, 2.24) is 0 Å². The number of anilines is 1. The third-order valence-electron chi connectivity index (χ3n) is 3.09. The molecule has 0 amide bonds. The van der Waals surface area contributed by atoms with Crippen LogP contribution in [0.4, 0.5) is 11.4 Å². The topological polar surface area (TPSA) is 83.7 Å². The van der Waals surface area contributed by atoms with Crippen molar-refractivity contribution < 1.29 is 14.8 Å². The molecule has 0 spiro atoms. The Hall–Kier alpha value is -1.82. The molecule has 0 radical (unpaired) electrons. The number of nitro benzene ring substituents is 1. The van der Waals surface area contributed by atoms with E-state index in [0.717, 1.165) is 12.5 Å². The largest absolute Gasteiger partial charge is 0.478 e. The first kappa shape index (κ1) is 15.2. The van der Waals surface area contributed by atoms with Crippen molar-refractivity contribution in [2.75, 3.05) is 11.9 Å². The van der Waals surface area contributed by atoms with Gasteiger partial charge in [-0.2, -0.15) is 0 Å². The summed E-state index contributed by atoms with van der Waals surface area (Å²) in [5, 5.41) is 20.0. The second kappa shape index (κ2) is 5.88. The quantitative estimate of drug-likeness (QED) is 0.664. The van der Waals surface area contributed by atoms with Crippen LogP contribution in [0.5, 0.6) is 0 Å². The van der Waals surface area contributed by atoms with Gasteiger partial charge in [0.15, 0.2) is 0 Å². The molecule has 1 unspecified atom stereocenters. The van der Waals surface area contributed by atoms with Crippen LogP contribution in [-0.4, -0.2) is 29.1 Å². The Labute approximate surface area is 115 Å². The molecule has 104 valence electrons. The monoisotopic (exact) mass is 286 g/mol. The van der Waals surface area contributed by atoms with Gasteiger partial charge < -0.3 is 10.0 Å². The van der Waals surface area contributed by atoms with E-state index in [-0.39, 0.29) is 22.3 Å². The molecule has 6 nitrogen and oxygen atoms in total. The first-order valence-corrected chi connectivity index (χ1v) is 6.11. The zero-order valence-electron chi connectivity index (χ0n) is 10.9. The van der Waals surface area contributed by atoms with Crippen molar-refractivity contribution in [3.8, 4) is 0 Å². The van der Waals surface area contributed by atoms with Crippen LogP contribution < -0.4 is 4.90 Å². The van der Waals surface area contributed by atoms with Crippen LogP contribution in [0, 0.1) is 10.1 Å². The van der Waals surface area contributed by atoms with Gasteiger partial charge in [0.05, 0.1) is 21.2 Å². The lowest BCUT2D eigenvalue weighted by Crippen LogP contribution is -2.29. The molecule has 7 heteroatoms. The van der Waals surface area contributed by atoms with E-state index in [1.807, 2.05) is 13.8 Å². The molecular weight excluding hydrogens is 272 g/mol. The average molecular weight is 287 g/mol. The van der Waals surface area contributed by atoms with Crippen LogP contribution in [0.2, 0.25) is 5.02 Å². The number of carboxylic acids is 1. The van der Waals surface area contributed by atoms with Crippen molar-refractivity contribution in [3.05, 3.63) is 32.8 Å². The van der Waals surface area contributed by atoms with Gasteiger partial charge in [-0.3, -0.25) is 10.1 Å². The summed E-state index contributed by atoms with van der Waals surface area (Å²) in [6.45, 7) is 3.88. The second-order valence-electron chi connectivity index (χ2n) is 4.25. The summed E-state index contributed by atoms with van der Waals surface area (Å²) < 4.78 is 0. The number of carbonyl (C=O) groups is 1. The molecule has 0 aromatic heterocycles. The summed E-state index contributed by atoms with van der Waals surface area (Å²) in [5.74, 6) is -1.24. The molecule has 0 aliphatic rings. The molecule has 1 rings (SSSR count). The molecule has 0 heterocycles. The molecular formula is C12H15ClN2O4. The molecule has 1 atom stereocenters. The maximum Gasteiger partial charge on any atom is 0.338 e. The third kappa shape index (κ3) is 3.14. The van der Waals surface area contributed by atoms with Crippen LogP contribution in [0.1, 0.15) is 30.6 Å². The minimum Gasteiger partial charge on any atom is -0.478 e. The smallest absolute Gasteiger partial charge is 0.338 e. The molecule has 0 fully saturated rings. The maximum atomic E-state index is 11.3. The highest BCUT2D eigenvalue weighted by Gasteiger charge is 2.24. The summed E-state index contributed by atoms with van der Waals surface area (Å²) in [5.41, 5.74) is -0.195. The van der Waals surface area contributed by atoms with Gasteiger partial charge in [0.1, 0.15) is 0 Å². The predicted octanol–water partition coefficient (Wildman–Crippen LogP) is 3.18. The number of halogens is 1. The van der Waals surface area contributed by atoms with Crippen molar-refractivity contribution in [2.45, 2.75) is 26.3 Å². The van der Waals surface area contributed by atoms with Gasteiger partial charge >= 0.3 is 5.97 Å². The zero-order chi connectivity index (χ0) is 14.7. The van der Waals surface area contributed by atoms with Gasteiger partial charge in [-0.15, -0.1) is 0 Å². The highest BCUT2D eigenvalue weighted by Crippen LogP contribution is 2.34. The number of aromatic carboxylic acids is 1. The van der Waals surface area contributed by atoms with Gasteiger partial charge in [-0.1, -0.05) is 18.5 Å². The molecule has 0 aliphatic carbocycles. The Morgan fingerprint density at radius 3 is 2.58 bits per heavy atom. The van der Waals surface area contributed by atoms with Crippen molar-refractivity contribution in [2.24, 2.45) is 0 Å². The number of nitro groups is 1. The SMILES string of the molecule is CCC(C)N(C)c1c(Cl)cc([N+](=O)[O-])cc1C(=O)O. The van der Waals surface area contributed by atoms with Gasteiger partial charge in [0, 0.05) is 25.2 Å². The Morgan fingerprint density at radius 2 is 2.16 bits per heavy atom. The average Bonchev–Trinajstić information content (AvgIpc) is 2.35. The summed E-state index contributed by atoms with van der Waals surface area (Å²) in [7, 11) is 1.72. The van der Waals surface area contributed by atoms with Crippen LogP contribution in [0.25, 0.3) is 0 Å². The van der Waals surface area contributed by atoms with E-state index in [1.165, 1.54) is 6.07 Å². The van der Waals surface area contributed by atoms with E-state index in [1.54, 1.807) is 11.9 Å². The Morgan fingerprint density at radius 1 is 1.58 bits per heavy atom. The summed E-state index contributed by atoms with van der Waals surface area (Å²) >= 11 is 6.01. The highest BCUT2D eigenvalue weighted by molar-refractivity contribution is 6.34. The Kier molecular flexibility index (Phi) is 4.72. The number of benzene rings is 1. The predicted molar refractivity (Wildman–Crippen MR) is 73.2 cm³/mol. The van der Waals surface area contributed by atoms with E-state index in [4.69, 9.17) is 11.6 Å². The van der Waals surface area contributed by atoms with E-state index in [9.17, 15) is 20.0 Å². The summed E-state index contributed by atoms with van der Waals surface area (Å²) in [6.07, 6.45) is 0.795. The summed E-state index contributed by atoms with van der Waals surface area (Å²) in [6, 6.07) is 2.27. The number of carboxylic acid groups (broad SMARTS) is 1. The second-order valence-corrected chi connectivity index (χ2v) is 4.66. The van der Waals surface area contributed by atoms with E-state index in [0.29, 0.717) is 5.69 Å². The van der Waals surface area contributed by atoms with E-state index in [2.05, 4.69) is 0 Å². The number of hydrogen-bond donors (Lipinski definition) is 1. The number of hydrogen-bond acceptors (Lipinski definition) is 4. The normalized spacial score (nSPS) is 12.0. The van der Waals surface area contributed by atoms with E-state index >= 15 is 0 Å². The standard InChI is InChI=1S/C12H15ClN2O4/c1-4-7(2)14(3)11-9(12(16)17)5-8(15(18)19)6-10(11)13/h5-7H,4H2,1-3H3,(H,16,17). The molecule has 0 saturated heterocycles. The van der Waals surface area contributed by atoms with Crippen LogP contribution in [-0.2, 0) is 0 Å². The summed E-state index contributed by atoms with van der Waals surface area (Å²) in [4.78, 5) is 23.1. The fourth-order valence-corrected chi connectivity index (χ4v) is 2.05. The maximum absolute atomic E-state index is 11.3. The van der Waals surface area contributed by atoms with Gasteiger partial charge in [0.2, 0.25) is 0 Å². The van der Waals surface area contributed by atoms with Crippen molar-refractivity contribution in [3.63, 3.8) is 0 Å². The lowest BCUT2D eigenvalue weighted by Gasteiger charge is -2.28. The van der Waals surface area contributed by atoms with Gasteiger partial charge in [0.25, 0.3) is 5.69 Å². The molecule has 1 N–H and O–H groups in total. The number of non-ortho nitro benzene ring substituents is 1. The first-order valence-electron chi connectivity index (χ1n) is 5.73. The molecule has 0 aliphatic heterocycles. The van der Waals surface area contributed by atoms with Crippen LogP contribution >= 0.6 is 11.6 Å². The Balaban J connectivity index is 3.46. The number of nitrogens with zero attached hydrogens (tertiary/aromatic N) is 2. The molecule has 19 heavy (non-hydrogen) atoms. The molecule has 1 aromatic rings. The lowest BCUT2D eigenvalue weighted by molar-refractivity contribution is -0.384. The molecule has 0 saturated carbocycles. The minimum absolute atomic E-state index is 0.0643. The van der Waals surface area contributed by atoms with Crippen LogP contribution in [0.3, 0.4) is 0 Å². The molecule has 0 bridgehead atoms. The fourth-order valence-electron chi connectivity index (χ4n) is 1.71. The first-order chi connectivity index (χ1) is 8.79. The fraction of sp³-hybridized carbons (Fsp3) is 0.417. The third-order valence-corrected chi connectivity index (χ3v) is 3.38. The molecule has 1 aromatic carbocycles. The number of rotatable bonds is 5. The lowest BCUT2D eigenvalue weighted by atomic mass is 10.1. The zero-order valence-corrected chi connectivity index (χ0v) is 11.6. The van der Waals surface area contributed by atoms with Gasteiger partial charge in [-0.25, -0.2) is 4.79 Å². The van der Waals surface area contributed by atoms with Crippen molar-refractivity contribution in [1.29, 1.82) is 0 Å².